The van der Waals surface area contributed by atoms with E-state index in [4.69, 9.17) is 16.3 Å². The lowest BCUT2D eigenvalue weighted by Gasteiger charge is -2.09. The minimum absolute atomic E-state index is 0.304. The Hall–Kier alpha value is -2.13. The molecule has 0 N–H and O–H groups in total. The van der Waals surface area contributed by atoms with Crippen LogP contribution in [-0.2, 0) is 16.0 Å². The fourth-order valence-electron chi connectivity index (χ4n) is 2.22. The molecule has 120 valence electrons. The number of esters is 1. The number of carbonyl (C=O) groups excluding carboxylic acids is 1. The third-order valence-electron chi connectivity index (χ3n) is 3.39. The van der Waals surface area contributed by atoms with Crippen LogP contribution in [0.3, 0.4) is 0 Å². The summed E-state index contributed by atoms with van der Waals surface area (Å²) in [5.74, 6) is -0.690. The first-order valence-corrected chi connectivity index (χ1v) is 7.84. The Morgan fingerprint density at radius 1 is 1.13 bits per heavy atom. The van der Waals surface area contributed by atoms with Crippen LogP contribution in [-0.4, -0.2) is 12.6 Å². The predicted molar refractivity (Wildman–Crippen MR) is 90.8 cm³/mol. The number of allylic oxidation sites excluding steroid dienone is 1. The molecule has 0 aromatic heterocycles. The Morgan fingerprint density at radius 2 is 1.78 bits per heavy atom. The number of benzene rings is 2. The predicted octanol–water partition coefficient (Wildman–Crippen LogP) is 5.06. The summed E-state index contributed by atoms with van der Waals surface area (Å²) in [6.07, 6.45) is 2.87. The number of hydrogen-bond acceptors (Lipinski definition) is 2. The van der Waals surface area contributed by atoms with Crippen LogP contribution >= 0.6 is 11.6 Å². The Kier molecular flexibility index (Phi) is 6.36. The molecule has 0 amide bonds. The highest BCUT2D eigenvalue weighted by Crippen LogP contribution is 2.22. The first kappa shape index (κ1) is 17.2. The van der Waals surface area contributed by atoms with Gasteiger partial charge in [0, 0.05) is 11.1 Å². The smallest absolute Gasteiger partial charge is 0.331 e. The van der Waals surface area contributed by atoms with Crippen LogP contribution in [0.25, 0.3) is 5.57 Å². The van der Waals surface area contributed by atoms with Crippen molar-refractivity contribution in [2.24, 2.45) is 0 Å². The zero-order chi connectivity index (χ0) is 16.7. The van der Waals surface area contributed by atoms with Gasteiger partial charge < -0.3 is 4.74 Å². The monoisotopic (exact) mass is 332 g/mol. The Balaban J connectivity index is 2.17. The minimum Gasteiger partial charge on any atom is -0.463 e. The average molecular weight is 333 g/mol. The quantitative estimate of drug-likeness (QED) is 0.546. The molecule has 0 aliphatic rings. The fraction of sp³-hybridized carbons (Fsp3) is 0.211. The maximum Gasteiger partial charge on any atom is 0.331 e. The first-order chi connectivity index (χ1) is 11.1. The molecular weight excluding hydrogens is 315 g/mol. The molecule has 0 unspecified atom stereocenters. The lowest BCUT2D eigenvalue weighted by Crippen LogP contribution is -2.02. The molecule has 0 heterocycles. The van der Waals surface area contributed by atoms with E-state index < -0.39 is 0 Å². The van der Waals surface area contributed by atoms with Crippen LogP contribution in [0.1, 0.15) is 24.5 Å². The fourth-order valence-corrected chi connectivity index (χ4v) is 2.35. The summed E-state index contributed by atoms with van der Waals surface area (Å²) >= 11 is 5.88. The third kappa shape index (κ3) is 5.53. The Labute approximate surface area is 140 Å². The minimum atomic E-state index is -0.386. The topological polar surface area (TPSA) is 26.3 Å². The van der Waals surface area contributed by atoms with Crippen molar-refractivity contribution in [1.29, 1.82) is 0 Å². The molecular formula is C19H18ClFO2. The molecule has 0 bridgehead atoms. The van der Waals surface area contributed by atoms with Crippen LogP contribution in [0.15, 0.2) is 54.6 Å². The summed E-state index contributed by atoms with van der Waals surface area (Å²) in [5.41, 5.74) is 2.75. The van der Waals surface area contributed by atoms with E-state index in [-0.39, 0.29) is 11.8 Å². The van der Waals surface area contributed by atoms with Crippen LogP contribution < -0.4 is 0 Å². The van der Waals surface area contributed by atoms with E-state index >= 15 is 0 Å². The van der Waals surface area contributed by atoms with E-state index in [1.54, 1.807) is 19.1 Å². The average Bonchev–Trinajstić information content (AvgIpc) is 2.54. The lowest BCUT2D eigenvalue weighted by molar-refractivity contribution is -0.137. The molecule has 0 aliphatic heterocycles. The molecule has 0 saturated carbocycles. The first-order valence-electron chi connectivity index (χ1n) is 7.46. The van der Waals surface area contributed by atoms with Crippen molar-refractivity contribution in [2.45, 2.75) is 19.8 Å². The number of ether oxygens (including phenoxy) is 1. The van der Waals surface area contributed by atoms with Crippen LogP contribution in [0, 0.1) is 5.82 Å². The van der Waals surface area contributed by atoms with Gasteiger partial charge in [-0.15, -0.1) is 0 Å². The number of aryl methyl sites for hydroxylation is 1. The van der Waals surface area contributed by atoms with Crippen molar-refractivity contribution in [3.8, 4) is 0 Å². The van der Waals surface area contributed by atoms with Gasteiger partial charge >= 0.3 is 5.97 Å². The second-order valence-corrected chi connectivity index (χ2v) is 5.49. The number of carbonyl (C=O) groups is 1. The summed E-state index contributed by atoms with van der Waals surface area (Å²) in [7, 11) is 0. The van der Waals surface area contributed by atoms with Crippen molar-refractivity contribution in [1.82, 2.24) is 0 Å². The number of hydrogen-bond donors (Lipinski definition) is 0. The van der Waals surface area contributed by atoms with Crippen molar-refractivity contribution < 1.29 is 13.9 Å². The Morgan fingerprint density at radius 3 is 2.39 bits per heavy atom. The highest BCUT2D eigenvalue weighted by atomic mass is 35.5. The molecule has 0 radical (unpaired) electrons. The van der Waals surface area contributed by atoms with E-state index in [2.05, 4.69) is 0 Å². The van der Waals surface area contributed by atoms with Gasteiger partial charge in [-0.25, -0.2) is 9.18 Å². The molecule has 0 spiro atoms. The third-order valence-corrected chi connectivity index (χ3v) is 3.64. The van der Waals surface area contributed by atoms with E-state index in [0.717, 1.165) is 23.1 Å². The molecule has 2 rings (SSSR count). The van der Waals surface area contributed by atoms with Crippen molar-refractivity contribution in [3.05, 3.63) is 76.6 Å². The van der Waals surface area contributed by atoms with Gasteiger partial charge in [-0.1, -0.05) is 35.9 Å². The maximum absolute atomic E-state index is 13.1. The van der Waals surface area contributed by atoms with Gasteiger partial charge in [0.2, 0.25) is 0 Å². The molecule has 0 saturated heterocycles. The highest BCUT2D eigenvalue weighted by molar-refractivity contribution is 6.30. The van der Waals surface area contributed by atoms with Crippen molar-refractivity contribution >= 4 is 23.1 Å². The largest absolute Gasteiger partial charge is 0.463 e. The molecule has 2 nitrogen and oxygen atoms in total. The zero-order valence-electron chi connectivity index (χ0n) is 12.9. The summed E-state index contributed by atoms with van der Waals surface area (Å²) in [6.45, 7) is 2.08. The standard InChI is InChI=1S/C19H18ClFO2/c1-2-23-19(22)13-16(15-7-11-18(21)12-8-15)6-3-14-4-9-17(20)10-5-14/h4-5,7-13H,2-3,6H2,1H3. The van der Waals surface area contributed by atoms with E-state index in [1.165, 1.54) is 18.2 Å². The second kappa shape index (κ2) is 8.49. The number of rotatable bonds is 6. The molecule has 2 aromatic rings. The maximum atomic E-state index is 13.1. The van der Waals surface area contributed by atoms with Crippen LogP contribution in [0.4, 0.5) is 4.39 Å². The van der Waals surface area contributed by atoms with Crippen molar-refractivity contribution in [3.63, 3.8) is 0 Å². The van der Waals surface area contributed by atoms with Gasteiger partial charge in [0.1, 0.15) is 5.82 Å². The van der Waals surface area contributed by atoms with Gasteiger partial charge in [-0.3, -0.25) is 0 Å². The SMILES string of the molecule is CCOC(=O)C=C(CCc1ccc(Cl)cc1)c1ccc(F)cc1. The van der Waals surface area contributed by atoms with E-state index in [0.29, 0.717) is 18.1 Å². The van der Waals surface area contributed by atoms with Crippen molar-refractivity contribution in [2.75, 3.05) is 6.61 Å². The van der Waals surface area contributed by atoms with Gasteiger partial charge in [-0.05, 0) is 60.7 Å². The second-order valence-electron chi connectivity index (χ2n) is 5.05. The lowest BCUT2D eigenvalue weighted by atomic mass is 9.98. The van der Waals surface area contributed by atoms with Gasteiger partial charge in [0.25, 0.3) is 0 Å². The molecule has 0 atom stereocenters. The summed E-state index contributed by atoms with van der Waals surface area (Å²) in [5, 5.41) is 0.689. The summed E-state index contributed by atoms with van der Waals surface area (Å²) in [6, 6.07) is 13.7. The summed E-state index contributed by atoms with van der Waals surface area (Å²) < 4.78 is 18.1. The highest BCUT2D eigenvalue weighted by Gasteiger charge is 2.07. The normalized spacial score (nSPS) is 11.3. The van der Waals surface area contributed by atoms with Gasteiger partial charge in [0.15, 0.2) is 0 Å². The molecule has 0 fully saturated rings. The van der Waals surface area contributed by atoms with E-state index in [1.807, 2.05) is 24.3 Å². The van der Waals surface area contributed by atoms with E-state index in [9.17, 15) is 9.18 Å². The van der Waals surface area contributed by atoms with Gasteiger partial charge in [-0.2, -0.15) is 0 Å². The zero-order valence-corrected chi connectivity index (χ0v) is 13.6. The molecule has 0 aliphatic carbocycles. The molecule has 2 aromatic carbocycles. The molecule has 23 heavy (non-hydrogen) atoms. The summed E-state index contributed by atoms with van der Waals surface area (Å²) in [4.78, 5) is 11.8. The number of halogens is 2. The van der Waals surface area contributed by atoms with Crippen LogP contribution in [0.5, 0.6) is 0 Å². The molecule has 4 heteroatoms. The Bertz CT molecular complexity index is 676. The van der Waals surface area contributed by atoms with Gasteiger partial charge in [0.05, 0.1) is 6.61 Å². The van der Waals surface area contributed by atoms with Crippen LogP contribution in [0.2, 0.25) is 5.02 Å².